The first-order chi connectivity index (χ1) is 61.0. The average molecular weight is 2070 g/mol. The topological polar surface area (TPSA) is 395 Å². The number of amides is 3. The van der Waals surface area contributed by atoms with Crippen LogP contribution in [0, 0.1) is 68.5 Å². The van der Waals surface area contributed by atoms with Crippen molar-refractivity contribution in [2.24, 2.45) is 66.8 Å². The zero-order valence-corrected chi connectivity index (χ0v) is 82.5. The second kappa shape index (κ2) is 52.4. The minimum atomic E-state index is -0.214. The van der Waals surface area contributed by atoms with E-state index in [4.69, 9.17) is 87.1 Å². The highest BCUT2D eigenvalue weighted by molar-refractivity contribution is 9.11. The fourth-order valence-electron chi connectivity index (χ4n) is 13.8. The number of nitrogens with zero attached hydrogens (tertiary/aromatic N) is 10. The molecule has 5 saturated carbocycles. The quantitative estimate of drug-likeness (QED) is 0.0153. The average Bonchev–Trinajstić information content (AvgIpc) is 1.29. The summed E-state index contributed by atoms with van der Waals surface area (Å²) >= 11 is 33.8. The van der Waals surface area contributed by atoms with E-state index in [1.807, 2.05) is 78.1 Å². The lowest BCUT2D eigenvalue weighted by Crippen LogP contribution is -2.42. The Morgan fingerprint density at radius 3 is 1.13 bits per heavy atom. The van der Waals surface area contributed by atoms with Crippen LogP contribution in [-0.2, 0) is 46.8 Å². The molecule has 0 spiro atoms. The Morgan fingerprint density at radius 2 is 0.770 bits per heavy atom. The number of carbonyl (C=O) groups excluding carboxylic acids is 3. The fourth-order valence-corrected chi connectivity index (χ4v) is 20.6. The number of hydrogen-bond donors (Lipinski definition) is 13. The third-order valence-electron chi connectivity index (χ3n) is 21.5. The van der Waals surface area contributed by atoms with Crippen LogP contribution in [-0.4, -0.2) is 167 Å². The van der Waals surface area contributed by atoms with Crippen molar-refractivity contribution in [2.45, 2.75) is 130 Å². The molecule has 6 aromatic carbocycles. The number of hydrogen-bond acceptors (Lipinski definition) is 27. The summed E-state index contributed by atoms with van der Waals surface area (Å²) < 4.78 is 2.93. The van der Waals surface area contributed by atoms with Crippen LogP contribution in [0.3, 0.4) is 0 Å². The maximum atomic E-state index is 12.4. The highest BCUT2D eigenvalue weighted by Crippen LogP contribution is 2.37. The summed E-state index contributed by atoms with van der Waals surface area (Å²) in [6.07, 6.45) is 17.4. The van der Waals surface area contributed by atoms with Gasteiger partial charge in [0.1, 0.15) is 0 Å². The van der Waals surface area contributed by atoms with Crippen LogP contribution in [0.1, 0.15) is 170 Å². The number of carbonyl (C=O) groups is 3. The monoisotopic (exact) mass is 2070 g/mol. The van der Waals surface area contributed by atoms with Crippen LogP contribution in [0.15, 0.2) is 143 Å². The number of nitrogens with one attached hydrogen (secondary N) is 10. The lowest BCUT2D eigenvalue weighted by Gasteiger charge is -2.27. The van der Waals surface area contributed by atoms with Gasteiger partial charge in [-0.15, -0.1) is 0 Å². The van der Waals surface area contributed by atoms with Crippen molar-refractivity contribution in [3.63, 3.8) is 0 Å². The highest BCUT2D eigenvalue weighted by atomic mass is 79.9. The summed E-state index contributed by atoms with van der Waals surface area (Å²) in [6.45, 7) is 12.7. The Labute approximate surface area is 805 Å². The van der Waals surface area contributed by atoms with E-state index in [1.54, 1.807) is 73.0 Å². The van der Waals surface area contributed by atoms with Gasteiger partial charge in [0.15, 0.2) is 36.2 Å². The number of benzene rings is 6. The minimum Gasteiger partial charge on any atom is -0.379 e. The van der Waals surface area contributed by atoms with Crippen LogP contribution in [0.25, 0.3) is 0 Å². The van der Waals surface area contributed by atoms with E-state index < -0.39 is 0 Å². The third-order valence-corrected chi connectivity index (χ3v) is 30.0. The van der Waals surface area contributed by atoms with E-state index in [-0.39, 0.29) is 33.2 Å². The first-order valence-electron chi connectivity index (χ1n) is 42.0. The van der Waals surface area contributed by atoms with Gasteiger partial charge in [-0.25, -0.2) is 20.0 Å². The molecular weight excluding hydrogens is 1960 g/mol. The molecule has 5 aliphatic carbocycles. The molecule has 0 saturated heterocycles. The molecule has 0 unspecified atom stereocenters. The van der Waals surface area contributed by atoms with E-state index in [2.05, 4.69) is 129 Å². The van der Waals surface area contributed by atoms with Gasteiger partial charge in [-0.1, -0.05) is 191 Å². The molecule has 0 aromatic heterocycles. The Bertz CT molecular complexity index is 4900. The van der Waals surface area contributed by atoms with Crippen molar-refractivity contribution in [2.75, 3.05) is 93.1 Å². The summed E-state index contributed by atoms with van der Waals surface area (Å²) in [5.41, 5.74) is 27.3. The van der Waals surface area contributed by atoms with Gasteiger partial charge in [-0.3, -0.25) is 50.2 Å². The SMILES string of the molecule is Brc1ccc(CSC2=NCN(CC3CC3)CN2)c(CSC2=NCN(CC3CC3)CN2)c1.CNC(=O)c1ccc(C#N)cc1CSC(=N)N.Clc1cc(CSC2=NCN(CC3CC3)CN2)c(CSC2=NCN(CC3CC3)CN2)cc1Cl.N#Cc1ccc(CNC(=O)c2ccc(Br)cc2CSC(=N)N)cc1.N=C(N)SCc1cc(Br)ccc1C(=O)NCC1CCCCC1. The fraction of sp³-hybridized carbons (Fsp3) is 0.455. The van der Waals surface area contributed by atoms with Crippen molar-refractivity contribution in [1.29, 1.82) is 26.8 Å². The van der Waals surface area contributed by atoms with E-state index in [0.717, 1.165) is 169 Å². The Morgan fingerprint density at radius 1 is 0.429 bits per heavy atom. The predicted molar refractivity (Wildman–Crippen MR) is 538 cm³/mol. The van der Waals surface area contributed by atoms with Gasteiger partial charge in [0.25, 0.3) is 17.7 Å². The third kappa shape index (κ3) is 35.9. The van der Waals surface area contributed by atoms with Crippen LogP contribution in [0.4, 0.5) is 0 Å². The van der Waals surface area contributed by atoms with Gasteiger partial charge < -0.3 is 54.4 Å². The minimum absolute atomic E-state index is 0.0129. The number of nitriles is 2. The highest BCUT2D eigenvalue weighted by Gasteiger charge is 2.30. The molecule has 0 bridgehead atoms. The molecule has 6 aromatic rings. The molecule has 4 aliphatic heterocycles. The second-order valence-electron chi connectivity index (χ2n) is 31.9. The first-order valence-corrected chi connectivity index (χ1v) is 52.1. The number of amidine groups is 7. The lowest BCUT2D eigenvalue weighted by atomic mass is 9.89. The van der Waals surface area contributed by atoms with Crippen molar-refractivity contribution in [3.05, 3.63) is 205 Å². The van der Waals surface area contributed by atoms with E-state index in [0.29, 0.717) is 73.1 Å². The number of nitrogens with two attached hydrogens (primary N) is 3. The standard InChI is InChI=1S/C22H31BrN6S2.C22H30Cl2N6S2.C17H15BrN4OS.C16H22BrN3OS.C11H12N4OS/c23-20-6-5-18(10-30-21-24-12-28(13-25-21)8-16-1-2-16)19(7-20)11-31-22-26-14-29(15-27-22)9-17-3-4-17;23-19-5-17(9-31-21-25-11-29(12-26-21)7-15-1-2-15)18(6-20(19)24)10-32-22-27-13-30(14-28-22)8-16-3-4-16;18-14-5-6-15(13(7-14)10-24-17(20)21)16(23)22-9-12-3-1-11(8-19)2-4-12;17-13-6-7-14(12(8-13)10-22-16(18)19)15(21)20-9-11-4-2-1-3-5-11;1-15-10(16)9-3-2-7(5-12)4-8(9)6-17-11(13)14/h5-7,16-17H,1-4,8-15H2,(H,24,25)(H,26,27);5-6,15-16H,1-4,7-14H2,(H,25,26)(H,27,28);1-7H,9-10H2,(H3,20,21)(H,22,23);6-8,11H,1-5,9-10H2,(H3,18,19)(H,20,21);2-4H,6H2,1H3,(H3,13,14)(H,15,16). The first kappa shape index (κ1) is 99.9. The molecule has 4 heterocycles. The lowest BCUT2D eigenvalue weighted by molar-refractivity contribution is 0.0937. The summed E-state index contributed by atoms with van der Waals surface area (Å²) in [5, 5.41) is 67.2. The van der Waals surface area contributed by atoms with Crippen molar-refractivity contribution in [1.82, 2.24) is 56.8 Å². The number of rotatable bonds is 29. The van der Waals surface area contributed by atoms with Crippen molar-refractivity contribution in [3.8, 4) is 12.1 Å². The maximum Gasteiger partial charge on any atom is 0.251 e. The van der Waals surface area contributed by atoms with Gasteiger partial charge in [0, 0.05) is 117 Å². The Balaban J connectivity index is 0.000000156. The molecule has 38 heteroatoms. The van der Waals surface area contributed by atoms with E-state index in [9.17, 15) is 14.4 Å². The van der Waals surface area contributed by atoms with E-state index >= 15 is 0 Å². The molecule has 26 nitrogen and oxygen atoms in total. The molecule has 15 rings (SSSR count). The van der Waals surface area contributed by atoms with Gasteiger partial charge in [-0.05, 0) is 229 Å². The molecule has 0 atom stereocenters. The summed E-state index contributed by atoms with van der Waals surface area (Å²) in [5.74, 6) is 8.67. The zero-order valence-electron chi connectivity index (χ0n) is 70.5. The zero-order chi connectivity index (χ0) is 89.3. The Kier molecular flexibility index (Phi) is 41.5. The molecule has 0 radical (unpaired) electrons. The Hall–Kier alpha value is -6.69. The van der Waals surface area contributed by atoms with Crippen molar-refractivity contribution >= 4 is 207 Å². The van der Waals surface area contributed by atoms with Crippen LogP contribution in [0.5, 0.6) is 0 Å². The van der Waals surface area contributed by atoms with Gasteiger partial charge >= 0.3 is 0 Å². The molecule has 5 fully saturated rings. The number of thioether (sulfide) groups is 7. The van der Waals surface area contributed by atoms with Crippen LogP contribution >= 0.6 is 153 Å². The normalized spacial score (nSPS) is 17.0. The molecule has 126 heavy (non-hydrogen) atoms. The predicted octanol–water partition coefficient (Wildman–Crippen LogP) is 17.0. The molecular formula is C88H110Br3Cl2N23O3S7. The van der Waals surface area contributed by atoms with Crippen LogP contribution < -0.4 is 54.4 Å². The maximum absolute atomic E-state index is 12.4. The van der Waals surface area contributed by atoms with Crippen LogP contribution in [0.2, 0.25) is 10.0 Å². The summed E-state index contributed by atoms with van der Waals surface area (Å²) in [4.78, 5) is 65.0. The molecule has 3 amide bonds. The molecule has 672 valence electrons. The molecule has 16 N–H and O–H groups in total. The smallest absolute Gasteiger partial charge is 0.251 e. The summed E-state index contributed by atoms with van der Waals surface area (Å²) in [7, 11) is 1.54. The van der Waals surface area contributed by atoms with Gasteiger partial charge in [-0.2, -0.15) is 10.5 Å². The second-order valence-corrected chi connectivity index (χ2v) is 42.3. The molecule has 9 aliphatic rings. The van der Waals surface area contributed by atoms with Crippen molar-refractivity contribution < 1.29 is 14.4 Å². The van der Waals surface area contributed by atoms with Gasteiger partial charge in [0.05, 0.1) is 86.7 Å². The largest absolute Gasteiger partial charge is 0.379 e. The van der Waals surface area contributed by atoms with Gasteiger partial charge in [0.2, 0.25) is 0 Å². The summed E-state index contributed by atoms with van der Waals surface area (Å²) in [6, 6.07) is 37.6. The van der Waals surface area contributed by atoms with E-state index in [1.165, 1.54) is 155 Å². The number of halogens is 5. The number of aliphatic imine (C=N–C) groups is 4.